The summed E-state index contributed by atoms with van der Waals surface area (Å²) < 4.78 is 0. The molecule has 0 atom stereocenters. The lowest BCUT2D eigenvalue weighted by atomic mass is 10.0. The van der Waals surface area contributed by atoms with Crippen molar-refractivity contribution in [2.24, 2.45) is 5.10 Å². The van der Waals surface area contributed by atoms with Crippen LogP contribution < -0.4 is 10.7 Å². The summed E-state index contributed by atoms with van der Waals surface area (Å²) in [5, 5.41) is 8.00. The van der Waals surface area contributed by atoms with Crippen LogP contribution in [-0.2, 0) is 6.54 Å². The predicted octanol–water partition coefficient (Wildman–Crippen LogP) is 3.69. The number of nitrogens with zero attached hydrogens (tertiary/aromatic N) is 1. The average molecular weight is 311 g/mol. The van der Waals surface area contributed by atoms with Gasteiger partial charge in [-0.1, -0.05) is 42.5 Å². The highest BCUT2D eigenvalue weighted by Crippen LogP contribution is 2.10. The third kappa shape index (κ3) is 4.67. The number of nitrogens with one attached hydrogen (secondary N) is 2. The second-order valence-electron chi connectivity index (χ2n) is 5.28. The van der Waals surface area contributed by atoms with Crippen molar-refractivity contribution in [2.45, 2.75) is 27.3 Å². The van der Waals surface area contributed by atoms with E-state index in [0.29, 0.717) is 11.7 Å². The molecular weight excluding hydrogens is 290 g/mol. The highest BCUT2D eigenvalue weighted by molar-refractivity contribution is 7.80. The van der Waals surface area contributed by atoms with Crippen molar-refractivity contribution in [1.29, 1.82) is 0 Å². The Morgan fingerprint density at radius 2 is 1.77 bits per heavy atom. The van der Waals surface area contributed by atoms with Gasteiger partial charge < -0.3 is 5.32 Å². The molecule has 0 heterocycles. The van der Waals surface area contributed by atoms with Crippen molar-refractivity contribution >= 4 is 23.0 Å². The summed E-state index contributed by atoms with van der Waals surface area (Å²) in [6.45, 7) is 6.86. The van der Waals surface area contributed by atoms with E-state index in [4.69, 9.17) is 12.2 Å². The molecule has 0 saturated carbocycles. The van der Waals surface area contributed by atoms with Crippen LogP contribution in [0.5, 0.6) is 0 Å². The van der Waals surface area contributed by atoms with E-state index in [2.05, 4.69) is 60.0 Å². The average Bonchev–Trinajstić information content (AvgIpc) is 2.54. The van der Waals surface area contributed by atoms with Gasteiger partial charge in [0.1, 0.15) is 0 Å². The first-order valence-electron chi connectivity index (χ1n) is 7.26. The number of benzene rings is 2. The van der Waals surface area contributed by atoms with Crippen molar-refractivity contribution in [1.82, 2.24) is 10.7 Å². The molecule has 0 saturated heterocycles. The number of hydrogen-bond acceptors (Lipinski definition) is 2. The van der Waals surface area contributed by atoms with Crippen LogP contribution in [0.3, 0.4) is 0 Å². The fourth-order valence-corrected chi connectivity index (χ4v) is 2.10. The van der Waals surface area contributed by atoms with Crippen LogP contribution in [0.1, 0.15) is 29.2 Å². The number of hydrazone groups is 1. The summed E-state index contributed by atoms with van der Waals surface area (Å²) in [5.41, 5.74) is 8.63. The second kappa shape index (κ2) is 7.71. The Hall–Kier alpha value is -2.20. The van der Waals surface area contributed by atoms with Gasteiger partial charge in [0.25, 0.3) is 0 Å². The van der Waals surface area contributed by atoms with E-state index in [-0.39, 0.29) is 0 Å². The molecule has 0 aromatic heterocycles. The summed E-state index contributed by atoms with van der Waals surface area (Å²) in [5.74, 6) is 0. The molecule has 0 spiro atoms. The Morgan fingerprint density at radius 3 is 2.45 bits per heavy atom. The minimum absolute atomic E-state index is 0.520. The zero-order valence-electron chi connectivity index (χ0n) is 13.2. The van der Waals surface area contributed by atoms with Gasteiger partial charge in [0.15, 0.2) is 5.11 Å². The van der Waals surface area contributed by atoms with E-state index in [1.807, 2.05) is 25.1 Å². The maximum absolute atomic E-state index is 5.24. The molecule has 2 aromatic rings. The van der Waals surface area contributed by atoms with E-state index < -0.39 is 0 Å². The zero-order valence-corrected chi connectivity index (χ0v) is 14.0. The van der Waals surface area contributed by atoms with Crippen molar-refractivity contribution in [2.75, 3.05) is 0 Å². The Kier molecular flexibility index (Phi) is 5.67. The van der Waals surface area contributed by atoms with Crippen LogP contribution in [0, 0.1) is 13.8 Å². The van der Waals surface area contributed by atoms with Crippen molar-refractivity contribution < 1.29 is 0 Å². The fraction of sp³-hybridized carbons (Fsp3) is 0.222. The molecule has 2 rings (SSSR count). The molecule has 0 bridgehead atoms. The summed E-state index contributed by atoms with van der Waals surface area (Å²) in [7, 11) is 0. The van der Waals surface area contributed by atoms with E-state index in [0.717, 1.165) is 11.3 Å². The van der Waals surface area contributed by atoms with Crippen molar-refractivity contribution in [3.63, 3.8) is 0 Å². The van der Waals surface area contributed by atoms with Gasteiger partial charge in [-0.25, -0.2) is 0 Å². The van der Waals surface area contributed by atoms with E-state index in [1.54, 1.807) is 0 Å². The zero-order chi connectivity index (χ0) is 15.9. The number of aryl methyl sites for hydroxylation is 2. The largest absolute Gasteiger partial charge is 0.357 e. The standard InChI is InChI=1S/C18H21N3S/c1-13-9-10-17(11-14(13)2)15(3)20-21-18(22)19-12-16-7-5-4-6-8-16/h4-11H,12H2,1-3H3,(H2,19,21,22)/b20-15+. The topological polar surface area (TPSA) is 36.4 Å². The van der Waals surface area contributed by atoms with Gasteiger partial charge in [0.2, 0.25) is 0 Å². The maximum Gasteiger partial charge on any atom is 0.187 e. The molecule has 0 aliphatic heterocycles. The summed E-state index contributed by atoms with van der Waals surface area (Å²) in [4.78, 5) is 0. The number of rotatable bonds is 4. The Labute approximate surface area is 137 Å². The molecule has 3 nitrogen and oxygen atoms in total. The third-order valence-electron chi connectivity index (χ3n) is 3.55. The molecule has 2 N–H and O–H groups in total. The maximum atomic E-state index is 5.24. The lowest BCUT2D eigenvalue weighted by molar-refractivity contribution is 0.866. The van der Waals surface area contributed by atoms with Gasteiger partial charge in [-0.2, -0.15) is 5.10 Å². The van der Waals surface area contributed by atoms with E-state index in [1.165, 1.54) is 16.7 Å². The first-order valence-corrected chi connectivity index (χ1v) is 7.67. The monoisotopic (exact) mass is 311 g/mol. The molecule has 0 radical (unpaired) electrons. The van der Waals surface area contributed by atoms with Gasteiger partial charge in [-0.3, -0.25) is 5.43 Å². The predicted molar refractivity (Wildman–Crippen MR) is 97.1 cm³/mol. The SMILES string of the molecule is C/C(=N\NC(=S)NCc1ccccc1)c1ccc(C)c(C)c1. The minimum Gasteiger partial charge on any atom is -0.357 e. The van der Waals surface area contributed by atoms with E-state index in [9.17, 15) is 0 Å². The van der Waals surface area contributed by atoms with Gasteiger partial charge in [-0.05, 0) is 61.3 Å². The second-order valence-corrected chi connectivity index (χ2v) is 5.68. The van der Waals surface area contributed by atoms with Gasteiger partial charge in [0.05, 0.1) is 5.71 Å². The lowest BCUT2D eigenvalue weighted by Crippen LogP contribution is -2.32. The van der Waals surface area contributed by atoms with Crippen LogP contribution in [0.15, 0.2) is 53.6 Å². The normalized spacial score (nSPS) is 11.1. The quantitative estimate of drug-likeness (QED) is 0.513. The molecule has 114 valence electrons. The molecule has 0 unspecified atom stereocenters. The van der Waals surface area contributed by atoms with Gasteiger partial charge in [0, 0.05) is 6.54 Å². The molecule has 0 fully saturated rings. The highest BCUT2D eigenvalue weighted by Gasteiger charge is 2.01. The number of thiocarbonyl (C=S) groups is 1. The third-order valence-corrected chi connectivity index (χ3v) is 3.78. The lowest BCUT2D eigenvalue weighted by Gasteiger charge is -2.09. The Bertz CT molecular complexity index is 678. The van der Waals surface area contributed by atoms with Gasteiger partial charge in [-0.15, -0.1) is 0 Å². The van der Waals surface area contributed by atoms with Crippen LogP contribution in [0.4, 0.5) is 0 Å². The van der Waals surface area contributed by atoms with Crippen molar-refractivity contribution in [3.05, 3.63) is 70.8 Å². The van der Waals surface area contributed by atoms with Crippen LogP contribution >= 0.6 is 12.2 Å². The molecule has 22 heavy (non-hydrogen) atoms. The number of hydrogen-bond donors (Lipinski definition) is 2. The molecule has 2 aromatic carbocycles. The molecular formula is C18H21N3S. The van der Waals surface area contributed by atoms with E-state index >= 15 is 0 Å². The highest BCUT2D eigenvalue weighted by atomic mass is 32.1. The first-order chi connectivity index (χ1) is 10.6. The van der Waals surface area contributed by atoms with Crippen molar-refractivity contribution in [3.8, 4) is 0 Å². The fourth-order valence-electron chi connectivity index (χ4n) is 1.98. The smallest absolute Gasteiger partial charge is 0.187 e. The van der Waals surface area contributed by atoms with Crippen LogP contribution in [0.25, 0.3) is 0 Å². The summed E-state index contributed by atoms with van der Waals surface area (Å²) >= 11 is 5.24. The molecule has 4 heteroatoms. The Morgan fingerprint density at radius 1 is 1.05 bits per heavy atom. The molecule has 0 amide bonds. The van der Waals surface area contributed by atoms with Crippen LogP contribution in [-0.4, -0.2) is 10.8 Å². The Balaban J connectivity index is 1.90. The minimum atomic E-state index is 0.520. The van der Waals surface area contributed by atoms with Crippen LogP contribution in [0.2, 0.25) is 0 Å². The first kappa shape index (κ1) is 16.2. The molecule has 0 aliphatic carbocycles. The summed E-state index contributed by atoms with van der Waals surface area (Å²) in [6, 6.07) is 16.4. The molecule has 0 aliphatic rings. The summed E-state index contributed by atoms with van der Waals surface area (Å²) in [6.07, 6.45) is 0. The van der Waals surface area contributed by atoms with Gasteiger partial charge >= 0.3 is 0 Å².